The standard InChI is InChI=1S/C18H23N5OS/c24-16(11-25-17-21-19-12-23(17)22-3-1-2-4-22)20-18-8-13-5-14(9-18)7-15(6-13)10-18/h1-4,12-15H,5-11H2,(H,20,24). The van der Waals surface area contributed by atoms with Crippen LogP contribution in [0.15, 0.2) is 36.0 Å². The summed E-state index contributed by atoms with van der Waals surface area (Å²) in [4.78, 5) is 12.6. The van der Waals surface area contributed by atoms with Gasteiger partial charge in [-0.05, 0) is 68.4 Å². The van der Waals surface area contributed by atoms with Crippen LogP contribution < -0.4 is 5.32 Å². The minimum Gasteiger partial charge on any atom is -0.350 e. The quantitative estimate of drug-likeness (QED) is 0.836. The van der Waals surface area contributed by atoms with Gasteiger partial charge in [0, 0.05) is 17.9 Å². The summed E-state index contributed by atoms with van der Waals surface area (Å²) in [6, 6.07) is 3.91. The molecule has 6 nitrogen and oxygen atoms in total. The first-order valence-corrected chi connectivity index (χ1v) is 10.2. The van der Waals surface area contributed by atoms with E-state index >= 15 is 0 Å². The second-order valence-corrected chi connectivity index (χ2v) is 9.00. The average molecular weight is 357 g/mol. The molecule has 0 aliphatic heterocycles. The van der Waals surface area contributed by atoms with Crippen molar-refractivity contribution in [3.05, 3.63) is 30.9 Å². The maximum Gasteiger partial charge on any atom is 0.230 e. The summed E-state index contributed by atoms with van der Waals surface area (Å²) in [7, 11) is 0. The van der Waals surface area contributed by atoms with Crippen LogP contribution >= 0.6 is 11.8 Å². The van der Waals surface area contributed by atoms with E-state index in [1.54, 1.807) is 6.33 Å². The van der Waals surface area contributed by atoms with Crippen LogP contribution in [0.4, 0.5) is 0 Å². The van der Waals surface area contributed by atoms with Crippen molar-refractivity contribution in [2.24, 2.45) is 17.8 Å². The molecule has 0 aromatic carbocycles. The first-order chi connectivity index (χ1) is 12.2. The van der Waals surface area contributed by atoms with Crippen LogP contribution in [-0.2, 0) is 4.79 Å². The van der Waals surface area contributed by atoms with Gasteiger partial charge in [-0.15, -0.1) is 10.2 Å². The van der Waals surface area contributed by atoms with Gasteiger partial charge < -0.3 is 5.32 Å². The maximum absolute atomic E-state index is 12.6. The number of hydrogen-bond acceptors (Lipinski definition) is 4. The summed E-state index contributed by atoms with van der Waals surface area (Å²) in [6.45, 7) is 0. The molecule has 0 saturated heterocycles. The van der Waals surface area contributed by atoms with E-state index in [2.05, 4.69) is 15.5 Å². The molecule has 4 bridgehead atoms. The highest BCUT2D eigenvalue weighted by Gasteiger charge is 2.51. The van der Waals surface area contributed by atoms with Gasteiger partial charge in [-0.1, -0.05) is 11.8 Å². The molecular weight excluding hydrogens is 334 g/mol. The first kappa shape index (κ1) is 15.5. The Labute approximate surface area is 151 Å². The Bertz CT molecular complexity index is 733. The number of aromatic nitrogens is 4. The highest BCUT2D eigenvalue weighted by Crippen LogP contribution is 2.55. The number of nitrogens with zero attached hydrogens (tertiary/aromatic N) is 4. The summed E-state index contributed by atoms with van der Waals surface area (Å²) in [5, 5.41) is 12.3. The highest BCUT2D eigenvalue weighted by atomic mass is 32.2. The lowest BCUT2D eigenvalue weighted by atomic mass is 9.53. The van der Waals surface area contributed by atoms with Gasteiger partial charge >= 0.3 is 0 Å². The van der Waals surface area contributed by atoms with E-state index in [1.165, 1.54) is 50.3 Å². The molecule has 6 rings (SSSR count). The van der Waals surface area contributed by atoms with Crippen molar-refractivity contribution < 1.29 is 4.79 Å². The Morgan fingerprint density at radius 1 is 1.16 bits per heavy atom. The summed E-state index contributed by atoms with van der Waals surface area (Å²) < 4.78 is 3.75. The van der Waals surface area contributed by atoms with Crippen LogP contribution in [0.1, 0.15) is 38.5 Å². The fourth-order valence-electron chi connectivity index (χ4n) is 5.67. The number of thioether (sulfide) groups is 1. The number of nitrogens with one attached hydrogen (secondary N) is 1. The molecule has 4 aliphatic carbocycles. The van der Waals surface area contributed by atoms with Crippen molar-refractivity contribution in [3.63, 3.8) is 0 Å². The van der Waals surface area contributed by atoms with Crippen molar-refractivity contribution in [1.82, 2.24) is 24.9 Å². The van der Waals surface area contributed by atoms with Crippen LogP contribution in [0.3, 0.4) is 0 Å². The molecule has 4 fully saturated rings. The van der Waals surface area contributed by atoms with Crippen molar-refractivity contribution in [2.45, 2.75) is 49.2 Å². The van der Waals surface area contributed by atoms with Crippen molar-refractivity contribution in [1.29, 1.82) is 0 Å². The Hall–Kier alpha value is -1.76. The van der Waals surface area contributed by atoms with Gasteiger partial charge in [0.1, 0.15) is 6.33 Å². The second kappa shape index (κ2) is 5.90. The lowest BCUT2D eigenvalue weighted by Crippen LogP contribution is -2.60. The summed E-state index contributed by atoms with van der Waals surface area (Å²) in [5.41, 5.74) is 0.0838. The molecule has 0 unspecified atom stereocenters. The minimum atomic E-state index is 0.0838. The molecule has 2 aromatic heterocycles. The van der Waals surface area contributed by atoms with Crippen LogP contribution in [0, 0.1) is 17.8 Å². The summed E-state index contributed by atoms with van der Waals surface area (Å²) in [5.74, 6) is 3.05. The monoisotopic (exact) mass is 357 g/mol. The Balaban J connectivity index is 1.23. The van der Waals surface area contributed by atoms with Crippen LogP contribution in [0.5, 0.6) is 0 Å². The van der Waals surface area contributed by atoms with E-state index in [0.717, 1.165) is 22.9 Å². The third-order valence-corrected chi connectivity index (χ3v) is 7.05. The average Bonchev–Trinajstić information content (AvgIpc) is 3.22. The largest absolute Gasteiger partial charge is 0.350 e. The van der Waals surface area contributed by atoms with Crippen LogP contribution in [0.25, 0.3) is 0 Å². The number of hydrogen-bond donors (Lipinski definition) is 1. The topological polar surface area (TPSA) is 64.7 Å². The van der Waals surface area contributed by atoms with E-state index in [1.807, 2.05) is 33.9 Å². The molecule has 7 heteroatoms. The van der Waals surface area contributed by atoms with E-state index in [9.17, 15) is 4.79 Å². The molecule has 4 aliphatic rings. The molecule has 132 valence electrons. The molecule has 0 spiro atoms. The molecule has 4 saturated carbocycles. The number of rotatable bonds is 5. The fraction of sp³-hybridized carbons (Fsp3) is 0.611. The SMILES string of the molecule is O=C(CSc1nncn1-n1cccc1)NC12CC3CC(CC(C3)C1)C2. The molecule has 2 heterocycles. The predicted molar refractivity (Wildman–Crippen MR) is 95.0 cm³/mol. The maximum atomic E-state index is 12.6. The van der Waals surface area contributed by atoms with Crippen molar-refractivity contribution >= 4 is 17.7 Å². The minimum absolute atomic E-state index is 0.0838. The van der Waals surface area contributed by atoms with E-state index in [0.29, 0.717) is 5.75 Å². The first-order valence-electron chi connectivity index (χ1n) is 9.17. The third kappa shape index (κ3) is 2.88. The van der Waals surface area contributed by atoms with Crippen LogP contribution in [0.2, 0.25) is 0 Å². The molecular formula is C18H23N5OS. The van der Waals surface area contributed by atoms with Crippen molar-refractivity contribution in [2.75, 3.05) is 5.75 Å². The third-order valence-electron chi connectivity index (χ3n) is 6.11. The zero-order valence-corrected chi connectivity index (χ0v) is 15.0. The molecule has 2 aromatic rings. The summed E-state index contributed by atoms with van der Waals surface area (Å²) in [6.07, 6.45) is 13.3. The van der Waals surface area contributed by atoms with Crippen molar-refractivity contribution in [3.8, 4) is 0 Å². The molecule has 1 amide bonds. The van der Waals surface area contributed by atoms with Gasteiger partial charge in [0.05, 0.1) is 5.75 Å². The smallest absolute Gasteiger partial charge is 0.230 e. The predicted octanol–water partition coefficient (Wildman–Crippen LogP) is 2.57. The Morgan fingerprint density at radius 2 is 1.80 bits per heavy atom. The van der Waals surface area contributed by atoms with Gasteiger partial charge in [0.2, 0.25) is 11.1 Å². The molecule has 25 heavy (non-hydrogen) atoms. The van der Waals surface area contributed by atoms with Gasteiger partial charge in [0.25, 0.3) is 0 Å². The lowest BCUT2D eigenvalue weighted by Gasteiger charge is -2.56. The summed E-state index contributed by atoms with van der Waals surface area (Å²) >= 11 is 1.45. The van der Waals surface area contributed by atoms with E-state index in [-0.39, 0.29) is 11.4 Å². The second-order valence-electron chi connectivity index (χ2n) is 8.06. The zero-order chi connectivity index (χ0) is 16.9. The van der Waals surface area contributed by atoms with Crippen LogP contribution in [-0.4, -0.2) is 36.7 Å². The number of carbonyl (C=O) groups excluding carboxylic acids is 1. The highest BCUT2D eigenvalue weighted by molar-refractivity contribution is 7.99. The Kier molecular flexibility index (Phi) is 3.66. The van der Waals surface area contributed by atoms with Gasteiger partial charge in [-0.3, -0.25) is 9.47 Å². The molecule has 0 atom stereocenters. The van der Waals surface area contributed by atoms with E-state index < -0.39 is 0 Å². The normalized spacial score (nSPS) is 32.9. The molecule has 0 radical (unpaired) electrons. The van der Waals surface area contributed by atoms with Gasteiger partial charge in [0.15, 0.2) is 0 Å². The lowest BCUT2D eigenvalue weighted by molar-refractivity contribution is -0.124. The fourth-order valence-corrected chi connectivity index (χ4v) is 6.38. The van der Waals surface area contributed by atoms with Gasteiger partial charge in [-0.25, -0.2) is 4.68 Å². The van der Waals surface area contributed by atoms with E-state index in [4.69, 9.17) is 0 Å². The number of carbonyl (C=O) groups is 1. The zero-order valence-electron chi connectivity index (χ0n) is 14.2. The molecule has 1 N–H and O–H groups in total. The Morgan fingerprint density at radius 3 is 2.44 bits per heavy atom. The number of amides is 1. The van der Waals surface area contributed by atoms with Gasteiger partial charge in [-0.2, -0.15) is 0 Å².